The molecule has 9 heteroatoms. The van der Waals surface area contributed by atoms with Crippen molar-refractivity contribution < 1.29 is 23.5 Å². The van der Waals surface area contributed by atoms with E-state index in [0.717, 1.165) is 4.90 Å². The lowest BCUT2D eigenvalue weighted by Gasteiger charge is -2.14. The molecular weight excluding hydrogens is 409 g/mol. The molecule has 154 valence electrons. The largest absolute Gasteiger partial charge is 0.383 e. The number of carbonyl (C=O) groups excluding carboxylic acids is 3. The number of anilines is 1. The van der Waals surface area contributed by atoms with E-state index in [0.29, 0.717) is 33.9 Å². The third-order valence-electron chi connectivity index (χ3n) is 4.77. The second-order valence-electron chi connectivity index (χ2n) is 6.71. The van der Waals surface area contributed by atoms with Gasteiger partial charge in [-0.05, 0) is 30.3 Å². The summed E-state index contributed by atoms with van der Waals surface area (Å²) in [6, 6.07) is 11.0. The van der Waals surface area contributed by atoms with E-state index in [9.17, 15) is 18.8 Å². The van der Waals surface area contributed by atoms with Crippen molar-refractivity contribution in [3.63, 3.8) is 0 Å². The van der Waals surface area contributed by atoms with Crippen LogP contribution in [0.5, 0.6) is 0 Å². The van der Waals surface area contributed by atoms with Gasteiger partial charge in [-0.25, -0.2) is 4.39 Å². The van der Waals surface area contributed by atoms with Gasteiger partial charge in [-0.1, -0.05) is 23.5 Å². The number of halogens is 1. The first kappa shape index (κ1) is 20.1. The zero-order valence-electron chi connectivity index (χ0n) is 16.1. The number of amides is 3. The maximum absolute atomic E-state index is 14.4. The minimum Gasteiger partial charge on any atom is -0.383 e. The van der Waals surface area contributed by atoms with Gasteiger partial charge in [0, 0.05) is 32.1 Å². The van der Waals surface area contributed by atoms with Gasteiger partial charge in [0.2, 0.25) is 11.8 Å². The summed E-state index contributed by atoms with van der Waals surface area (Å²) in [6.45, 7) is 0.663. The van der Waals surface area contributed by atoms with Crippen molar-refractivity contribution in [2.45, 2.75) is 19.4 Å². The number of imide groups is 1. The highest BCUT2D eigenvalue weighted by atomic mass is 32.1. The molecule has 1 aliphatic heterocycles. The standard InChI is InChI=1S/C21H18FN3O4S/c1-29-11-10-24-19-15(22)6-3-7-16(19)30-21(24)23-20(28)13-4-2-5-14(12-13)25-17(26)8-9-18(25)27/h2-7,12H,8-11H2,1H3. The number of ether oxygens (including phenoxy) is 1. The fourth-order valence-corrected chi connectivity index (χ4v) is 4.43. The number of rotatable bonds is 5. The highest BCUT2D eigenvalue weighted by Crippen LogP contribution is 2.24. The molecule has 3 aromatic rings. The lowest BCUT2D eigenvalue weighted by molar-refractivity contribution is -0.121. The molecule has 1 saturated heterocycles. The molecule has 3 amide bonds. The summed E-state index contributed by atoms with van der Waals surface area (Å²) < 4.78 is 21.8. The smallest absolute Gasteiger partial charge is 0.279 e. The number of nitrogens with zero attached hydrogens (tertiary/aromatic N) is 3. The van der Waals surface area contributed by atoms with Crippen LogP contribution in [0.15, 0.2) is 47.5 Å². The lowest BCUT2D eigenvalue weighted by Crippen LogP contribution is -2.28. The van der Waals surface area contributed by atoms with Crippen LogP contribution in [0.3, 0.4) is 0 Å². The molecule has 1 aliphatic rings. The Morgan fingerprint density at radius 2 is 1.90 bits per heavy atom. The molecule has 0 atom stereocenters. The van der Waals surface area contributed by atoms with Crippen molar-refractivity contribution in [2.24, 2.45) is 4.99 Å². The van der Waals surface area contributed by atoms with Gasteiger partial charge >= 0.3 is 0 Å². The molecule has 0 spiro atoms. The molecule has 0 aliphatic carbocycles. The van der Waals surface area contributed by atoms with Crippen LogP contribution in [0.1, 0.15) is 23.2 Å². The third kappa shape index (κ3) is 3.69. The van der Waals surface area contributed by atoms with E-state index in [1.807, 2.05) is 0 Å². The van der Waals surface area contributed by atoms with E-state index in [4.69, 9.17) is 4.74 Å². The number of aromatic nitrogens is 1. The highest BCUT2D eigenvalue weighted by Gasteiger charge is 2.30. The van der Waals surface area contributed by atoms with Gasteiger partial charge in [0.25, 0.3) is 5.91 Å². The summed E-state index contributed by atoms with van der Waals surface area (Å²) in [5, 5.41) is 0. The number of hydrogen-bond donors (Lipinski definition) is 0. The summed E-state index contributed by atoms with van der Waals surface area (Å²) in [4.78, 5) is 42.4. The zero-order valence-corrected chi connectivity index (χ0v) is 16.9. The number of methoxy groups -OCH3 is 1. The minimum atomic E-state index is -0.547. The van der Waals surface area contributed by atoms with Crippen LogP contribution in [-0.4, -0.2) is 36.0 Å². The lowest BCUT2D eigenvalue weighted by atomic mass is 10.2. The van der Waals surface area contributed by atoms with Crippen LogP contribution < -0.4 is 9.70 Å². The van der Waals surface area contributed by atoms with E-state index < -0.39 is 11.7 Å². The van der Waals surface area contributed by atoms with Crippen molar-refractivity contribution in [3.8, 4) is 0 Å². The predicted octanol–water partition coefficient (Wildman–Crippen LogP) is 2.88. The third-order valence-corrected chi connectivity index (χ3v) is 5.81. The molecule has 0 unspecified atom stereocenters. The Morgan fingerprint density at radius 3 is 2.63 bits per heavy atom. The molecule has 2 aromatic carbocycles. The monoisotopic (exact) mass is 427 g/mol. The van der Waals surface area contributed by atoms with E-state index >= 15 is 0 Å². The SMILES string of the molecule is COCCn1c(=NC(=O)c2cccc(N3C(=O)CCC3=O)c2)sc2cccc(F)c21. The number of benzene rings is 2. The Hall–Kier alpha value is -3.17. The number of fused-ring (bicyclic) bond motifs is 1. The van der Waals surface area contributed by atoms with E-state index in [1.54, 1.807) is 42.0 Å². The van der Waals surface area contributed by atoms with E-state index in [1.165, 1.54) is 23.5 Å². The molecule has 0 radical (unpaired) electrons. The zero-order chi connectivity index (χ0) is 21.3. The average Bonchev–Trinajstić information content (AvgIpc) is 3.26. The maximum Gasteiger partial charge on any atom is 0.279 e. The summed E-state index contributed by atoms with van der Waals surface area (Å²) in [7, 11) is 1.54. The van der Waals surface area contributed by atoms with Crippen LogP contribution in [0.2, 0.25) is 0 Å². The second kappa shape index (κ2) is 8.29. The van der Waals surface area contributed by atoms with Crippen molar-refractivity contribution in [3.05, 3.63) is 58.6 Å². The molecule has 1 fully saturated rings. The van der Waals surface area contributed by atoms with Crippen LogP contribution in [0.25, 0.3) is 10.2 Å². The van der Waals surface area contributed by atoms with Gasteiger partial charge in [0.1, 0.15) is 5.82 Å². The minimum absolute atomic E-state index is 0.161. The number of thiazole rings is 1. The molecule has 0 saturated carbocycles. The molecule has 0 N–H and O–H groups in total. The topological polar surface area (TPSA) is 81.0 Å². The highest BCUT2D eigenvalue weighted by molar-refractivity contribution is 7.16. The summed E-state index contributed by atoms with van der Waals surface area (Å²) in [5.74, 6) is -1.53. The predicted molar refractivity (Wildman–Crippen MR) is 110 cm³/mol. The Bertz CT molecular complexity index is 1210. The number of carbonyl (C=O) groups is 3. The first-order valence-corrected chi connectivity index (χ1v) is 10.1. The maximum atomic E-state index is 14.4. The Labute approximate surface area is 175 Å². The van der Waals surface area contributed by atoms with Gasteiger partial charge < -0.3 is 9.30 Å². The van der Waals surface area contributed by atoms with Gasteiger partial charge in [-0.3, -0.25) is 19.3 Å². The quantitative estimate of drug-likeness (QED) is 0.587. The molecule has 30 heavy (non-hydrogen) atoms. The van der Waals surface area contributed by atoms with Crippen LogP contribution >= 0.6 is 11.3 Å². The summed E-state index contributed by atoms with van der Waals surface area (Å²) in [6.07, 6.45) is 0.322. The molecule has 4 rings (SSSR count). The van der Waals surface area contributed by atoms with Gasteiger partial charge in [-0.2, -0.15) is 4.99 Å². The first-order valence-electron chi connectivity index (χ1n) is 9.31. The first-order chi connectivity index (χ1) is 14.5. The van der Waals surface area contributed by atoms with Crippen molar-refractivity contribution >= 4 is 45.0 Å². The van der Waals surface area contributed by atoms with Crippen LogP contribution in [0.4, 0.5) is 10.1 Å². The van der Waals surface area contributed by atoms with E-state index in [2.05, 4.69) is 4.99 Å². The summed E-state index contributed by atoms with van der Waals surface area (Å²) >= 11 is 1.20. The molecule has 1 aromatic heterocycles. The average molecular weight is 427 g/mol. The summed E-state index contributed by atoms with van der Waals surface area (Å²) in [5.41, 5.74) is 0.947. The van der Waals surface area contributed by atoms with Crippen molar-refractivity contribution in [1.82, 2.24) is 4.57 Å². The number of hydrogen-bond acceptors (Lipinski definition) is 5. The Morgan fingerprint density at radius 1 is 1.17 bits per heavy atom. The van der Waals surface area contributed by atoms with Crippen LogP contribution in [0, 0.1) is 5.82 Å². The molecule has 7 nitrogen and oxygen atoms in total. The Balaban J connectivity index is 1.75. The number of para-hydroxylation sites is 1. The Kier molecular flexibility index (Phi) is 5.56. The fraction of sp³-hybridized carbons (Fsp3) is 0.238. The van der Waals surface area contributed by atoms with Gasteiger partial charge in [0.15, 0.2) is 4.80 Å². The normalized spacial score (nSPS) is 14.9. The fourth-order valence-electron chi connectivity index (χ4n) is 3.36. The van der Waals surface area contributed by atoms with Crippen molar-refractivity contribution in [2.75, 3.05) is 18.6 Å². The van der Waals surface area contributed by atoms with Gasteiger partial charge in [-0.15, -0.1) is 0 Å². The van der Waals surface area contributed by atoms with E-state index in [-0.39, 0.29) is 30.2 Å². The van der Waals surface area contributed by atoms with Crippen molar-refractivity contribution in [1.29, 1.82) is 0 Å². The molecule has 0 bridgehead atoms. The molecule has 2 heterocycles. The second-order valence-corrected chi connectivity index (χ2v) is 7.71. The van der Waals surface area contributed by atoms with Crippen LogP contribution in [-0.2, 0) is 20.9 Å². The van der Waals surface area contributed by atoms with Gasteiger partial charge in [0.05, 0.1) is 22.5 Å². The molecular formula is C21H18FN3O4S.